The Balaban J connectivity index is 2.11. The van der Waals surface area contributed by atoms with Crippen LogP contribution >= 0.6 is 0 Å². The average molecular weight is 256 g/mol. The summed E-state index contributed by atoms with van der Waals surface area (Å²) >= 11 is 0. The largest absolute Gasteiger partial charge is 0.382 e. The lowest BCUT2D eigenvalue weighted by atomic mass is 10.1. The van der Waals surface area contributed by atoms with Crippen molar-refractivity contribution >= 4 is 22.4 Å². The second kappa shape index (κ2) is 4.85. The van der Waals surface area contributed by atoms with Crippen molar-refractivity contribution in [3.63, 3.8) is 0 Å². The number of nitrogens with one attached hydrogen (secondary N) is 1. The van der Waals surface area contributed by atoms with E-state index in [1.165, 1.54) is 0 Å². The first-order chi connectivity index (χ1) is 9.25. The van der Waals surface area contributed by atoms with Gasteiger partial charge in [-0.25, -0.2) is 4.98 Å². The number of hydrogen-bond acceptors (Lipinski definition) is 4. The summed E-state index contributed by atoms with van der Waals surface area (Å²) < 4.78 is 5.38. The summed E-state index contributed by atoms with van der Waals surface area (Å²) in [7, 11) is 0. The molecule has 5 nitrogen and oxygen atoms in total. The van der Waals surface area contributed by atoms with Gasteiger partial charge in [-0.2, -0.15) is 0 Å². The van der Waals surface area contributed by atoms with E-state index in [0.29, 0.717) is 5.69 Å². The molecule has 2 heterocycles. The molecule has 0 aliphatic carbocycles. The Kier molecular flexibility index (Phi) is 3.05. The van der Waals surface area contributed by atoms with E-state index in [9.17, 15) is 0 Å². The zero-order valence-electron chi connectivity index (χ0n) is 10.6. The van der Waals surface area contributed by atoms with Gasteiger partial charge in [-0.15, -0.1) is 0 Å². The van der Waals surface area contributed by atoms with Crippen molar-refractivity contribution in [3.8, 4) is 0 Å². The van der Waals surface area contributed by atoms with E-state index in [1.807, 2.05) is 18.2 Å². The second-order valence-electron chi connectivity index (χ2n) is 4.56. The van der Waals surface area contributed by atoms with Gasteiger partial charge in [0.2, 0.25) is 0 Å². The van der Waals surface area contributed by atoms with E-state index in [4.69, 9.17) is 15.9 Å². The maximum atomic E-state index is 7.51. The molecule has 0 radical (unpaired) electrons. The Labute approximate surface area is 111 Å². The summed E-state index contributed by atoms with van der Waals surface area (Å²) in [5, 5.41) is 8.57. The van der Waals surface area contributed by atoms with Crippen molar-refractivity contribution < 1.29 is 4.74 Å². The van der Waals surface area contributed by atoms with Crippen LogP contribution in [0.15, 0.2) is 30.3 Å². The molecule has 1 fully saturated rings. The van der Waals surface area contributed by atoms with Gasteiger partial charge >= 0.3 is 0 Å². The lowest BCUT2D eigenvalue weighted by molar-refractivity contribution is 0.123. The van der Waals surface area contributed by atoms with Crippen LogP contribution in [0.25, 0.3) is 10.9 Å². The first kappa shape index (κ1) is 11.9. The van der Waals surface area contributed by atoms with Crippen molar-refractivity contribution in [2.75, 3.05) is 31.2 Å². The summed E-state index contributed by atoms with van der Waals surface area (Å²) in [6.45, 7) is 3.21. The monoisotopic (exact) mass is 256 g/mol. The molecule has 0 unspecified atom stereocenters. The fourth-order valence-corrected chi connectivity index (χ4v) is 2.34. The van der Waals surface area contributed by atoms with Gasteiger partial charge in [0.25, 0.3) is 0 Å². The van der Waals surface area contributed by atoms with Gasteiger partial charge in [0, 0.05) is 18.5 Å². The molecular formula is C14H16N4O. The van der Waals surface area contributed by atoms with E-state index in [1.54, 1.807) is 6.07 Å². The molecule has 98 valence electrons. The van der Waals surface area contributed by atoms with Crippen LogP contribution in [-0.4, -0.2) is 37.1 Å². The Morgan fingerprint density at radius 3 is 2.74 bits per heavy atom. The minimum Gasteiger partial charge on any atom is -0.382 e. The Morgan fingerprint density at radius 1 is 1.21 bits per heavy atom. The predicted molar refractivity (Wildman–Crippen MR) is 75.8 cm³/mol. The number of nitrogens with zero attached hydrogens (tertiary/aromatic N) is 2. The number of hydrogen-bond donors (Lipinski definition) is 2. The van der Waals surface area contributed by atoms with Gasteiger partial charge in [-0.3, -0.25) is 5.41 Å². The SMILES string of the molecule is N=C(N)c1ccc2cccc(N3CCOCC3)c2n1. The molecule has 0 bridgehead atoms. The van der Waals surface area contributed by atoms with Crippen LogP contribution in [-0.2, 0) is 4.74 Å². The molecule has 0 spiro atoms. The lowest BCUT2D eigenvalue weighted by Gasteiger charge is -2.29. The van der Waals surface area contributed by atoms with Crippen LogP contribution in [0.1, 0.15) is 5.69 Å². The van der Waals surface area contributed by atoms with Crippen LogP contribution < -0.4 is 10.6 Å². The molecule has 1 aliphatic rings. The van der Waals surface area contributed by atoms with Crippen molar-refractivity contribution in [2.45, 2.75) is 0 Å². The molecule has 2 aromatic rings. The van der Waals surface area contributed by atoms with Gasteiger partial charge < -0.3 is 15.4 Å². The number of amidine groups is 1. The first-order valence-electron chi connectivity index (χ1n) is 6.32. The quantitative estimate of drug-likeness (QED) is 0.628. The van der Waals surface area contributed by atoms with E-state index < -0.39 is 0 Å². The standard InChI is InChI=1S/C14H16N4O/c15-14(16)11-5-4-10-2-1-3-12(13(10)17-11)18-6-8-19-9-7-18/h1-5H,6-9H2,(H3,15,16). The molecule has 1 aromatic carbocycles. The Morgan fingerprint density at radius 2 is 2.00 bits per heavy atom. The fourth-order valence-electron chi connectivity index (χ4n) is 2.34. The lowest BCUT2D eigenvalue weighted by Crippen LogP contribution is -2.36. The number of pyridine rings is 1. The minimum absolute atomic E-state index is 0.00122. The predicted octanol–water partition coefficient (Wildman–Crippen LogP) is 1.36. The third-order valence-corrected chi connectivity index (χ3v) is 3.33. The van der Waals surface area contributed by atoms with E-state index in [-0.39, 0.29) is 5.84 Å². The number of nitrogen functional groups attached to an aromatic ring is 1. The van der Waals surface area contributed by atoms with Crippen molar-refractivity contribution in [1.29, 1.82) is 5.41 Å². The van der Waals surface area contributed by atoms with Gasteiger partial charge in [0.15, 0.2) is 0 Å². The van der Waals surface area contributed by atoms with Gasteiger partial charge in [-0.1, -0.05) is 18.2 Å². The molecule has 3 N–H and O–H groups in total. The maximum absolute atomic E-state index is 7.51. The third kappa shape index (κ3) is 2.24. The molecular weight excluding hydrogens is 240 g/mol. The molecule has 3 rings (SSSR count). The third-order valence-electron chi connectivity index (χ3n) is 3.33. The summed E-state index contributed by atoms with van der Waals surface area (Å²) in [6.07, 6.45) is 0. The molecule has 1 aromatic heterocycles. The summed E-state index contributed by atoms with van der Waals surface area (Å²) in [4.78, 5) is 6.78. The van der Waals surface area contributed by atoms with Crippen molar-refractivity contribution in [3.05, 3.63) is 36.0 Å². The highest BCUT2D eigenvalue weighted by molar-refractivity contribution is 5.98. The summed E-state index contributed by atoms with van der Waals surface area (Å²) in [5.74, 6) is -0.00122. The van der Waals surface area contributed by atoms with Crippen molar-refractivity contribution in [1.82, 2.24) is 4.98 Å². The zero-order valence-corrected chi connectivity index (χ0v) is 10.6. The zero-order chi connectivity index (χ0) is 13.2. The number of fused-ring (bicyclic) bond motifs is 1. The fraction of sp³-hybridized carbons (Fsp3) is 0.286. The molecule has 1 saturated heterocycles. The van der Waals surface area contributed by atoms with E-state index in [2.05, 4.69) is 16.0 Å². The van der Waals surface area contributed by atoms with E-state index in [0.717, 1.165) is 42.9 Å². The normalized spacial score (nSPS) is 15.7. The van der Waals surface area contributed by atoms with Crippen LogP contribution in [0.2, 0.25) is 0 Å². The molecule has 0 atom stereocenters. The topological polar surface area (TPSA) is 75.2 Å². The number of aromatic nitrogens is 1. The van der Waals surface area contributed by atoms with Crippen molar-refractivity contribution in [2.24, 2.45) is 5.73 Å². The smallest absolute Gasteiger partial charge is 0.141 e. The first-order valence-corrected chi connectivity index (χ1v) is 6.32. The molecule has 19 heavy (non-hydrogen) atoms. The maximum Gasteiger partial charge on any atom is 0.141 e. The Bertz CT molecular complexity index is 620. The number of rotatable bonds is 2. The van der Waals surface area contributed by atoms with Crippen LogP contribution in [0.4, 0.5) is 5.69 Å². The van der Waals surface area contributed by atoms with Gasteiger partial charge in [0.1, 0.15) is 11.5 Å². The highest BCUT2D eigenvalue weighted by atomic mass is 16.5. The molecule has 0 amide bonds. The number of benzene rings is 1. The molecule has 5 heteroatoms. The number of morpholine rings is 1. The molecule has 0 saturated carbocycles. The highest BCUT2D eigenvalue weighted by Crippen LogP contribution is 2.26. The van der Waals surface area contributed by atoms with Crippen LogP contribution in [0.3, 0.4) is 0 Å². The van der Waals surface area contributed by atoms with Gasteiger partial charge in [-0.05, 0) is 12.1 Å². The summed E-state index contributed by atoms with van der Waals surface area (Å²) in [6, 6.07) is 9.86. The minimum atomic E-state index is -0.00122. The van der Waals surface area contributed by atoms with Crippen LogP contribution in [0.5, 0.6) is 0 Å². The molecule has 1 aliphatic heterocycles. The Hall–Kier alpha value is -2.14. The van der Waals surface area contributed by atoms with Crippen LogP contribution in [0, 0.1) is 5.41 Å². The number of para-hydroxylation sites is 1. The average Bonchev–Trinajstić information content (AvgIpc) is 2.47. The number of ether oxygens (including phenoxy) is 1. The highest BCUT2D eigenvalue weighted by Gasteiger charge is 2.15. The number of anilines is 1. The van der Waals surface area contributed by atoms with E-state index >= 15 is 0 Å². The van der Waals surface area contributed by atoms with Gasteiger partial charge in [0.05, 0.1) is 24.4 Å². The second-order valence-corrected chi connectivity index (χ2v) is 4.56. The number of nitrogens with two attached hydrogens (primary N) is 1. The summed E-state index contributed by atoms with van der Waals surface area (Å²) in [5.41, 5.74) is 8.03.